The smallest absolute Gasteiger partial charge is 0.259 e. The zero-order valence-corrected chi connectivity index (χ0v) is 12.5. The van der Waals surface area contributed by atoms with Crippen LogP contribution in [0.25, 0.3) is 11.1 Å². The van der Waals surface area contributed by atoms with E-state index in [1.54, 1.807) is 13.0 Å². The standard InChI is InChI=1S/C18H19NO3/c1-12-16(10-11-19(17(12)20)18(21)22)15-8-6-14(7-9-15)13-4-2-3-5-13/h6-11,13H,2-5H2,1H3,(H,21,22)/p-1. The lowest BCUT2D eigenvalue weighted by molar-refractivity contribution is -0.250. The molecule has 2 aromatic rings. The molecular weight excluding hydrogens is 278 g/mol. The van der Waals surface area contributed by atoms with Gasteiger partial charge in [0.05, 0.1) is 0 Å². The van der Waals surface area contributed by atoms with E-state index in [9.17, 15) is 14.7 Å². The van der Waals surface area contributed by atoms with Gasteiger partial charge in [0.15, 0.2) is 0 Å². The number of hydrogen-bond acceptors (Lipinski definition) is 3. The van der Waals surface area contributed by atoms with Gasteiger partial charge in [0.2, 0.25) is 0 Å². The Balaban J connectivity index is 1.96. The Morgan fingerprint density at radius 1 is 1.14 bits per heavy atom. The van der Waals surface area contributed by atoms with Crippen molar-refractivity contribution in [2.45, 2.75) is 38.5 Å². The quantitative estimate of drug-likeness (QED) is 0.856. The highest BCUT2D eigenvalue weighted by Crippen LogP contribution is 2.34. The lowest BCUT2D eigenvalue weighted by Gasteiger charge is -2.13. The average Bonchev–Trinajstić information content (AvgIpc) is 3.04. The number of aromatic nitrogens is 1. The summed E-state index contributed by atoms with van der Waals surface area (Å²) in [5, 5.41) is 10.9. The summed E-state index contributed by atoms with van der Waals surface area (Å²) in [7, 11) is 0. The van der Waals surface area contributed by atoms with Crippen LogP contribution in [0.4, 0.5) is 4.79 Å². The summed E-state index contributed by atoms with van der Waals surface area (Å²) in [6, 6.07) is 9.92. The molecule has 1 saturated carbocycles. The van der Waals surface area contributed by atoms with Gasteiger partial charge in [-0.2, -0.15) is 0 Å². The van der Waals surface area contributed by atoms with E-state index in [1.807, 2.05) is 12.1 Å². The van der Waals surface area contributed by atoms with Gasteiger partial charge in [-0.05, 0) is 48.4 Å². The summed E-state index contributed by atoms with van der Waals surface area (Å²) in [5.74, 6) is 0.654. The fraction of sp³-hybridized carbons (Fsp3) is 0.333. The number of nitrogens with zero attached hydrogens (tertiary/aromatic N) is 1. The van der Waals surface area contributed by atoms with Crippen LogP contribution in [-0.4, -0.2) is 10.7 Å². The number of carbonyl (C=O) groups excluding carboxylic acids is 1. The van der Waals surface area contributed by atoms with Crippen LogP contribution in [0.3, 0.4) is 0 Å². The number of hydrogen-bond donors (Lipinski definition) is 0. The summed E-state index contributed by atoms with van der Waals surface area (Å²) in [6.45, 7) is 1.64. The van der Waals surface area contributed by atoms with Crippen molar-refractivity contribution in [3.05, 3.63) is 58.0 Å². The third-order valence-electron chi connectivity index (χ3n) is 4.58. The lowest BCUT2D eigenvalue weighted by atomic mass is 9.94. The second kappa shape index (κ2) is 5.79. The van der Waals surface area contributed by atoms with E-state index in [-0.39, 0.29) is 0 Å². The minimum atomic E-state index is -1.50. The molecule has 0 atom stereocenters. The lowest BCUT2D eigenvalue weighted by Crippen LogP contribution is -2.37. The van der Waals surface area contributed by atoms with E-state index in [1.165, 1.54) is 37.4 Å². The minimum Gasteiger partial charge on any atom is -0.529 e. The number of rotatable bonds is 2. The number of benzene rings is 1. The van der Waals surface area contributed by atoms with Gasteiger partial charge in [-0.15, -0.1) is 0 Å². The van der Waals surface area contributed by atoms with E-state index in [0.717, 1.165) is 11.1 Å². The van der Waals surface area contributed by atoms with Gasteiger partial charge in [0.1, 0.15) is 6.09 Å². The molecular formula is C18H18NO3-. The Morgan fingerprint density at radius 3 is 2.36 bits per heavy atom. The molecule has 1 aliphatic carbocycles. The fourth-order valence-corrected chi connectivity index (χ4v) is 3.29. The molecule has 114 valence electrons. The second-order valence-electron chi connectivity index (χ2n) is 5.90. The predicted octanol–water partition coefficient (Wildman–Crippen LogP) is 2.67. The first kappa shape index (κ1) is 14.6. The Morgan fingerprint density at radius 2 is 1.77 bits per heavy atom. The van der Waals surface area contributed by atoms with Gasteiger partial charge in [0.25, 0.3) is 5.56 Å². The molecule has 0 radical (unpaired) electrons. The third kappa shape index (κ3) is 2.56. The van der Waals surface area contributed by atoms with Crippen molar-refractivity contribution in [1.29, 1.82) is 0 Å². The van der Waals surface area contributed by atoms with E-state index in [4.69, 9.17) is 0 Å². The predicted molar refractivity (Wildman–Crippen MR) is 82.9 cm³/mol. The van der Waals surface area contributed by atoms with Crippen molar-refractivity contribution >= 4 is 6.09 Å². The molecule has 1 aliphatic rings. The maximum absolute atomic E-state index is 12.0. The number of pyridine rings is 1. The molecule has 0 bridgehead atoms. The molecule has 0 unspecified atom stereocenters. The first-order valence-electron chi connectivity index (χ1n) is 7.62. The normalized spacial score (nSPS) is 15.1. The highest BCUT2D eigenvalue weighted by Gasteiger charge is 2.17. The van der Waals surface area contributed by atoms with Crippen LogP contribution in [0.5, 0.6) is 0 Å². The Bertz CT molecular complexity index is 753. The molecule has 0 amide bonds. The Labute approximate surface area is 129 Å². The maximum atomic E-state index is 12.0. The van der Waals surface area contributed by atoms with Crippen LogP contribution in [0.15, 0.2) is 41.3 Å². The molecule has 3 rings (SSSR count). The Kier molecular flexibility index (Phi) is 3.84. The van der Waals surface area contributed by atoms with Crippen molar-refractivity contribution in [3.63, 3.8) is 0 Å². The molecule has 0 saturated heterocycles. The van der Waals surface area contributed by atoms with Crippen LogP contribution in [-0.2, 0) is 0 Å². The second-order valence-corrected chi connectivity index (χ2v) is 5.90. The third-order valence-corrected chi connectivity index (χ3v) is 4.58. The van der Waals surface area contributed by atoms with Crippen molar-refractivity contribution in [1.82, 2.24) is 4.57 Å². The van der Waals surface area contributed by atoms with E-state index in [0.29, 0.717) is 16.0 Å². The largest absolute Gasteiger partial charge is 0.529 e. The zero-order valence-electron chi connectivity index (χ0n) is 12.5. The SMILES string of the molecule is Cc1c(-c2ccc(C3CCCC3)cc2)ccn(C(=O)[O-])c1=O. The highest BCUT2D eigenvalue weighted by molar-refractivity contribution is 5.71. The monoisotopic (exact) mass is 296 g/mol. The number of carboxylic acid groups (broad SMARTS) is 1. The highest BCUT2D eigenvalue weighted by atomic mass is 16.4. The van der Waals surface area contributed by atoms with Crippen molar-refractivity contribution < 1.29 is 9.90 Å². The topological polar surface area (TPSA) is 62.1 Å². The maximum Gasteiger partial charge on any atom is 0.259 e. The van der Waals surface area contributed by atoms with Crippen molar-refractivity contribution in [3.8, 4) is 11.1 Å². The van der Waals surface area contributed by atoms with Crippen molar-refractivity contribution in [2.75, 3.05) is 0 Å². The van der Waals surface area contributed by atoms with Gasteiger partial charge in [-0.3, -0.25) is 9.36 Å². The van der Waals surface area contributed by atoms with Gasteiger partial charge in [-0.25, -0.2) is 0 Å². The van der Waals surface area contributed by atoms with Gasteiger partial charge >= 0.3 is 0 Å². The van der Waals surface area contributed by atoms with Crippen LogP contribution in [0, 0.1) is 6.92 Å². The van der Waals surface area contributed by atoms with E-state index in [2.05, 4.69) is 12.1 Å². The molecule has 1 aromatic heterocycles. The molecule has 1 heterocycles. The molecule has 0 N–H and O–H groups in total. The molecule has 1 fully saturated rings. The molecule has 4 nitrogen and oxygen atoms in total. The Hall–Kier alpha value is -2.36. The van der Waals surface area contributed by atoms with E-state index < -0.39 is 11.7 Å². The number of carbonyl (C=O) groups is 1. The zero-order chi connectivity index (χ0) is 15.7. The molecule has 0 aliphatic heterocycles. The summed E-state index contributed by atoms with van der Waals surface area (Å²) in [4.78, 5) is 22.9. The summed E-state index contributed by atoms with van der Waals surface area (Å²) < 4.78 is 0.603. The fourth-order valence-electron chi connectivity index (χ4n) is 3.29. The molecule has 4 heteroatoms. The van der Waals surface area contributed by atoms with E-state index >= 15 is 0 Å². The first-order valence-corrected chi connectivity index (χ1v) is 7.62. The first-order chi connectivity index (χ1) is 10.6. The average molecular weight is 296 g/mol. The van der Waals surface area contributed by atoms with Gasteiger partial charge in [-0.1, -0.05) is 37.1 Å². The van der Waals surface area contributed by atoms with Crippen molar-refractivity contribution in [2.24, 2.45) is 0 Å². The van der Waals surface area contributed by atoms with Gasteiger partial charge in [0, 0.05) is 11.8 Å². The van der Waals surface area contributed by atoms with Crippen LogP contribution >= 0.6 is 0 Å². The molecule has 0 spiro atoms. The van der Waals surface area contributed by atoms with Crippen LogP contribution in [0.1, 0.15) is 42.7 Å². The summed E-state index contributed by atoms with van der Waals surface area (Å²) in [6.07, 6.45) is 4.85. The summed E-state index contributed by atoms with van der Waals surface area (Å²) in [5.41, 5.74) is 2.92. The minimum absolute atomic E-state index is 0.417. The molecule has 1 aromatic carbocycles. The molecule has 22 heavy (non-hydrogen) atoms. The van der Waals surface area contributed by atoms with Crippen LogP contribution in [0.2, 0.25) is 0 Å². The summed E-state index contributed by atoms with van der Waals surface area (Å²) >= 11 is 0. The van der Waals surface area contributed by atoms with Crippen LogP contribution < -0.4 is 10.7 Å². The van der Waals surface area contributed by atoms with Gasteiger partial charge < -0.3 is 9.90 Å².